The lowest BCUT2D eigenvalue weighted by molar-refractivity contribution is -0.858. The Morgan fingerprint density at radius 3 is 1.75 bits per heavy atom. The average Bonchev–Trinajstić information content (AvgIpc) is 2.42. The molecule has 0 aromatic heterocycles. The Morgan fingerprint density at radius 2 is 1.20 bits per heavy atom. The minimum absolute atomic E-state index is 0. The van der Waals surface area contributed by atoms with Crippen molar-refractivity contribution in [2.45, 2.75) is 89.9 Å². The fraction of sp³-hybridized carbons (Fsp3) is 1.00. The van der Waals surface area contributed by atoms with Gasteiger partial charge in [-0.25, -0.2) is 0 Å². The van der Waals surface area contributed by atoms with E-state index in [0.29, 0.717) is 0 Å². The van der Waals surface area contributed by atoms with Crippen molar-refractivity contribution in [1.29, 1.82) is 0 Å². The molecule has 0 saturated heterocycles. The fourth-order valence-corrected chi connectivity index (χ4v) is 3.45. The number of hydrogen-bond acceptors (Lipinski definition) is 0. The summed E-state index contributed by atoms with van der Waals surface area (Å²) in [4.78, 5) is 1.60. The fourth-order valence-electron chi connectivity index (χ4n) is 3.45. The zero-order valence-electron chi connectivity index (χ0n) is 14.1. The maximum Gasteiger partial charge on any atom is 0.0766 e. The predicted molar refractivity (Wildman–Crippen MR) is 85.8 cm³/mol. The molecule has 1 rings (SSSR count). The van der Waals surface area contributed by atoms with Gasteiger partial charge in [0.1, 0.15) is 0 Å². The van der Waals surface area contributed by atoms with Crippen LogP contribution in [0, 0.1) is 5.92 Å². The molecule has 1 nitrogen and oxygen atoms in total. The van der Waals surface area contributed by atoms with Crippen LogP contribution in [-0.4, -0.2) is 20.6 Å². The molecule has 0 atom stereocenters. The van der Waals surface area contributed by atoms with Crippen LogP contribution in [0.3, 0.4) is 0 Å². The van der Waals surface area contributed by atoms with E-state index < -0.39 is 0 Å². The third-order valence-corrected chi connectivity index (χ3v) is 4.76. The molecule has 0 radical (unpaired) electrons. The first kappa shape index (κ1) is 20.2. The van der Waals surface area contributed by atoms with Crippen LogP contribution in [0.15, 0.2) is 0 Å². The van der Waals surface area contributed by atoms with Crippen LogP contribution in [0.4, 0.5) is 0 Å². The second-order valence-electron chi connectivity index (χ2n) is 7.08. The number of halogens is 1. The zero-order valence-corrected chi connectivity index (χ0v) is 14.8. The highest BCUT2D eigenvalue weighted by molar-refractivity contribution is 4.65. The van der Waals surface area contributed by atoms with E-state index in [-0.39, 0.29) is 12.4 Å². The Hall–Kier alpha value is 0.250. The van der Waals surface area contributed by atoms with Gasteiger partial charge in [0, 0.05) is 0 Å². The molecular formula is C18H38ClN. The minimum Gasteiger partial charge on any atom is -1.00 e. The average molecular weight is 304 g/mol. The minimum atomic E-state index is 0. The van der Waals surface area contributed by atoms with Gasteiger partial charge < -0.3 is 17.3 Å². The second kappa shape index (κ2) is 14.2. The van der Waals surface area contributed by atoms with Crippen molar-refractivity contribution >= 4 is 0 Å². The molecule has 20 heavy (non-hydrogen) atoms. The Kier molecular flexibility index (Phi) is 14.4. The van der Waals surface area contributed by atoms with Crippen molar-refractivity contribution in [2.24, 2.45) is 5.92 Å². The maximum atomic E-state index is 2.26. The molecule has 0 heterocycles. The van der Waals surface area contributed by atoms with Gasteiger partial charge in [0.15, 0.2) is 0 Å². The van der Waals surface area contributed by atoms with Crippen LogP contribution >= 0.6 is 0 Å². The van der Waals surface area contributed by atoms with E-state index in [4.69, 9.17) is 0 Å². The third-order valence-electron chi connectivity index (χ3n) is 4.76. The molecule has 0 aromatic rings. The third kappa shape index (κ3) is 12.0. The first-order chi connectivity index (χ1) is 9.29. The lowest BCUT2D eigenvalue weighted by atomic mass is 9.85. The van der Waals surface area contributed by atoms with E-state index >= 15 is 0 Å². The van der Waals surface area contributed by atoms with Crippen molar-refractivity contribution in [1.82, 2.24) is 0 Å². The highest BCUT2D eigenvalue weighted by Gasteiger charge is 2.12. The monoisotopic (exact) mass is 303 g/mol. The van der Waals surface area contributed by atoms with Gasteiger partial charge in [-0.3, -0.25) is 0 Å². The first-order valence-electron chi connectivity index (χ1n) is 9.08. The molecule has 1 fully saturated rings. The Labute approximate surface area is 134 Å². The number of hydrogen-bond donors (Lipinski definition) is 1. The first-order valence-corrected chi connectivity index (χ1v) is 9.08. The number of unbranched alkanes of at least 4 members (excludes halogenated alkanes) is 7. The van der Waals surface area contributed by atoms with E-state index in [9.17, 15) is 0 Å². The van der Waals surface area contributed by atoms with Crippen LogP contribution in [0.25, 0.3) is 0 Å². The number of quaternary nitrogens is 1. The van der Waals surface area contributed by atoms with Gasteiger partial charge in [0.2, 0.25) is 0 Å². The highest BCUT2D eigenvalue weighted by atomic mass is 35.5. The molecule has 1 aliphatic rings. The van der Waals surface area contributed by atoms with Crippen LogP contribution in [-0.2, 0) is 0 Å². The van der Waals surface area contributed by atoms with Crippen molar-refractivity contribution in [3.63, 3.8) is 0 Å². The second-order valence-corrected chi connectivity index (χ2v) is 7.08. The summed E-state index contributed by atoms with van der Waals surface area (Å²) in [5, 5.41) is 0. The van der Waals surface area contributed by atoms with Gasteiger partial charge in [0.05, 0.1) is 20.6 Å². The molecule has 1 saturated carbocycles. The van der Waals surface area contributed by atoms with E-state index in [1.165, 1.54) is 96.4 Å². The molecule has 0 aromatic carbocycles. The van der Waals surface area contributed by atoms with Gasteiger partial charge in [-0.05, 0) is 18.8 Å². The lowest BCUT2D eigenvalue weighted by Crippen LogP contribution is -3.05. The molecule has 0 amide bonds. The van der Waals surface area contributed by atoms with Crippen LogP contribution in [0.1, 0.15) is 89.9 Å². The Morgan fingerprint density at radius 1 is 0.700 bits per heavy atom. The van der Waals surface area contributed by atoms with Gasteiger partial charge in [0.25, 0.3) is 0 Å². The largest absolute Gasteiger partial charge is 1.00 e. The van der Waals surface area contributed by atoms with E-state index in [2.05, 4.69) is 14.1 Å². The summed E-state index contributed by atoms with van der Waals surface area (Å²) >= 11 is 0. The molecule has 0 spiro atoms. The molecule has 2 heteroatoms. The molecule has 0 unspecified atom stereocenters. The van der Waals surface area contributed by atoms with Crippen LogP contribution in [0.2, 0.25) is 0 Å². The molecule has 0 bridgehead atoms. The standard InChI is InChI=1S/C18H37N.ClH/c1-19(2)17-13-8-6-4-3-5-7-10-14-18-15-11-9-12-16-18;/h18H,3-17H2,1-2H3;1H. The summed E-state index contributed by atoms with van der Waals surface area (Å²) in [6, 6.07) is 0. The normalized spacial score (nSPS) is 16.4. The van der Waals surface area contributed by atoms with Crippen molar-refractivity contribution in [3.8, 4) is 0 Å². The van der Waals surface area contributed by atoms with Crippen molar-refractivity contribution < 1.29 is 17.3 Å². The molecule has 1 aliphatic carbocycles. The van der Waals surface area contributed by atoms with E-state index in [0.717, 1.165) is 5.92 Å². The topological polar surface area (TPSA) is 4.44 Å². The molecule has 1 N–H and O–H groups in total. The van der Waals surface area contributed by atoms with Crippen LogP contribution in [0.5, 0.6) is 0 Å². The Bertz CT molecular complexity index is 188. The summed E-state index contributed by atoms with van der Waals surface area (Å²) in [5.41, 5.74) is 0. The van der Waals surface area contributed by atoms with E-state index in [1.807, 2.05) is 0 Å². The summed E-state index contributed by atoms with van der Waals surface area (Å²) in [6.45, 7) is 1.35. The molecular weight excluding hydrogens is 266 g/mol. The van der Waals surface area contributed by atoms with Gasteiger partial charge in [-0.1, -0.05) is 77.0 Å². The number of nitrogens with one attached hydrogen (secondary N) is 1. The summed E-state index contributed by atoms with van der Waals surface area (Å²) in [7, 11) is 4.51. The van der Waals surface area contributed by atoms with Gasteiger partial charge >= 0.3 is 0 Å². The smallest absolute Gasteiger partial charge is 0.0766 e. The van der Waals surface area contributed by atoms with Crippen molar-refractivity contribution in [2.75, 3.05) is 20.6 Å². The summed E-state index contributed by atoms with van der Waals surface area (Å²) in [6.07, 6.45) is 20.9. The number of rotatable bonds is 11. The lowest BCUT2D eigenvalue weighted by Gasteiger charge is -2.21. The van der Waals surface area contributed by atoms with E-state index in [1.54, 1.807) is 4.90 Å². The summed E-state index contributed by atoms with van der Waals surface area (Å²) in [5.74, 6) is 1.10. The molecule has 122 valence electrons. The quantitative estimate of drug-likeness (QED) is 0.548. The van der Waals surface area contributed by atoms with Gasteiger partial charge in [-0.15, -0.1) is 0 Å². The van der Waals surface area contributed by atoms with Crippen molar-refractivity contribution in [3.05, 3.63) is 0 Å². The predicted octanol–water partition coefficient (Wildman–Crippen LogP) is 1.23. The highest BCUT2D eigenvalue weighted by Crippen LogP contribution is 2.28. The molecule has 0 aliphatic heterocycles. The summed E-state index contributed by atoms with van der Waals surface area (Å²) < 4.78 is 0. The maximum absolute atomic E-state index is 2.26. The van der Waals surface area contributed by atoms with Crippen LogP contribution < -0.4 is 17.3 Å². The Balaban J connectivity index is 0.00000361. The van der Waals surface area contributed by atoms with Gasteiger partial charge in [-0.2, -0.15) is 0 Å². The zero-order chi connectivity index (χ0) is 13.8. The SMILES string of the molecule is C[NH+](C)CCCCCCCCCCC1CCCCC1.[Cl-].